The van der Waals surface area contributed by atoms with Gasteiger partial charge in [-0.3, -0.25) is 4.98 Å². The third kappa shape index (κ3) is 4.62. The van der Waals surface area contributed by atoms with E-state index in [0.717, 1.165) is 33.5 Å². The lowest BCUT2D eigenvalue weighted by molar-refractivity contribution is 0.642. The monoisotopic (exact) mass is 395 g/mol. The van der Waals surface area contributed by atoms with Crippen LogP contribution in [0.4, 0.5) is 0 Å². The quantitative estimate of drug-likeness (QED) is 0.348. The van der Waals surface area contributed by atoms with Crippen molar-refractivity contribution < 1.29 is 0 Å². The maximum atomic E-state index is 4.62. The van der Waals surface area contributed by atoms with E-state index >= 15 is 0 Å². The summed E-state index contributed by atoms with van der Waals surface area (Å²) in [6.07, 6.45) is 4.20. The Balaban J connectivity index is 1.80. The van der Waals surface area contributed by atoms with Crippen LogP contribution in [0.2, 0.25) is 0 Å². The number of aromatic nitrogens is 1. The van der Waals surface area contributed by atoms with Crippen molar-refractivity contribution in [2.45, 2.75) is 52.4 Å². The molecule has 0 spiro atoms. The van der Waals surface area contributed by atoms with Gasteiger partial charge >= 0.3 is 0 Å². The zero-order valence-electron chi connectivity index (χ0n) is 18.8. The summed E-state index contributed by atoms with van der Waals surface area (Å²) in [7, 11) is 0. The minimum absolute atomic E-state index is 0.436. The number of rotatable bonds is 8. The molecule has 1 nitrogen and oxygen atoms in total. The highest BCUT2D eigenvalue weighted by Crippen LogP contribution is 2.32. The van der Waals surface area contributed by atoms with E-state index in [1.165, 1.54) is 24.0 Å². The molecule has 3 rings (SSSR count). The molecule has 0 saturated carbocycles. The molecule has 154 valence electrons. The lowest BCUT2D eigenvalue weighted by Gasteiger charge is -2.15. The van der Waals surface area contributed by atoms with Crippen LogP contribution in [-0.4, -0.2) is 4.98 Å². The summed E-state index contributed by atoms with van der Waals surface area (Å²) in [6.45, 7) is 17.6. The maximum Gasteiger partial charge on any atom is 0.0736 e. The molecular formula is C29H33N. The number of allylic oxidation sites excluding steroid dienone is 2. The van der Waals surface area contributed by atoms with Crippen LogP contribution in [0, 0.1) is 0 Å². The van der Waals surface area contributed by atoms with E-state index in [1.807, 2.05) is 12.3 Å². The number of benzene rings is 2. The van der Waals surface area contributed by atoms with Crippen molar-refractivity contribution in [3.63, 3.8) is 0 Å². The minimum Gasteiger partial charge on any atom is -0.256 e. The summed E-state index contributed by atoms with van der Waals surface area (Å²) in [5.41, 5.74) is 9.02. The Morgan fingerprint density at radius 1 is 0.800 bits per heavy atom. The van der Waals surface area contributed by atoms with Crippen molar-refractivity contribution >= 4 is 11.1 Å². The number of nitrogens with zero attached hydrogens (tertiary/aromatic N) is 1. The van der Waals surface area contributed by atoms with E-state index in [4.69, 9.17) is 0 Å². The van der Waals surface area contributed by atoms with Crippen molar-refractivity contribution in [2.75, 3.05) is 0 Å². The summed E-state index contributed by atoms with van der Waals surface area (Å²) in [5.74, 6) is 1.07. The first-order chi connectivity index (χ1) is 14.5. The molecule has 1 aromatic heterocycles. The summed E-state index contributed by atoms with van der Waals surface area (Å²) >= 11 is 0. The molecule has 1 heterocycles. The van der Waals surface area contributed by atoms with E-state index in [9.17, 15) is 0 Å². The molecular weight excluding hydrogens is 362 g/mol. The molecule has 0 N–H and O–H groups in total. The topological polar surface area (TPSA) is 12.9 Å². The Labute approximate surface area is 182 Å². The van der Waals surface area contributed by atoms with Crippen LogP contribution in [-0.2, 0) is 0 Å². The molecule has 0 bridgehead atoms. The Morgan fingerprint density at radius 2 is 1.33 bits per heavy atom. The van der Waals surface area contributed by atoms with Gasteiger partial charge in [0.25, 0.3) is 0 Å². The summed E-state index contributed by atoms with van der Waals surface area (Å²) in [6, 6.07) is 21.5. The van der Waals surface area contributed by atoms with E-state index in [2.05, 4.69) is 100 Å². The molecule has 0 aliphatic rings. The first-order valence-corrected chi connectivity index (χ1v) is 11.0. The molecule has 0 fully saturated rings. The zero-order chi connectivity index (χ0) is 21.7. The van der Waals surface area contributed by atoms with Gasteiger partial charge in [-0.15, -0.1) is 0 Å². The molecule has 3 aromatic rings. The van der Waals surface area contributed by atoms with Crippen molar-refractivity contribution in [3.8, 4) is 11.3 Å². The zero-order valence-corrected chi connectivity index (χ0v) is 18.8. The van der Waals surface area contributed by atoms with Crippen LogP contribution in [0.1, 0.15) is 74.6 Å². The van der Waals surface area contributed by atoms with Gasteiger partial charge in [-0.25, -0.2) is 0 Å². The molecule has 0 aliphatic heterocycles. The van der Waals surface area contributed by atoms with Gasteiger partial charge in [-0.1, -0.05) is 95.5 Å². The van der Waals surface area contributed by atoms with Crippen LogP contribution in [0.5, 0.6) is 0 Å². The van der Waals surface area contributed by atoms with Crippen molar-refractivity contribution in [1.82, 2.24) is 4.98 Å². The lowest BCUT2D eigenvalue weighted by atomic mass is 9.90. The number of hydrogen-bond acceptors (Lipinski definition) is 1. The normalized spacial score (nSPS) is 11.1. The molecule has 0 atom stereocenters. The van der Waals surface area contributed by atoms with Gasteiger partial charge in [-0.05, 0) is 64.1 Å². The Bertz CT molecular complexity index is 1000. The molecule has 0 saturated heterocycles. The number of pyridine rings is 1. The molecule has 30 heavy (non-hydrogen) atoms. The highest BCUT2D eigenvalue weighted by atomic mass is 14.7. The number of hydrogen-bond donors (Lipinski definition) is 0. The Morgan fingerprint density at radius 3 is 1.83 bits per heavy atom. The summed E-state index contributed by atoms with van der Waals surface area (Å²) in [4.78, 5) is 4.62. The van der Waals surface area contributed by atoms with Crippen LogP contribution in [0.3, 0.4) is 0 Å². The smallest absolute Gasteiger partial charge is 0.0736 e. The predicted molar refractivity (Wildman–Crippen MR) is 132 cm³/mol. The fourth-order valence-electron chi connectivity index (χ4n) is 4.02. The predicted octanol–water partition coefficient (Wildman–Crippen LogP) is 8.50. The largest absolute Gasteiger partial charge is 0.256 e. The van der Waals surface area contributed by atoms with E-state index < -0.39 is 0 Å². The van der Waals surface area contributed by atoms with Gasteiger partial charge in [0.1, 0.15) is 0 Å². The van der Waals surface area contributed by atoms with E-state index in [0.29, 0.717) is 11.8 Å². The molecule has 0 unspecified atom stereocenters. The van der Waals surface area contributed by atoms with E-state index in [-0.39, 0.29) is 0 Å². The second kappa shape index (κ2) is 9.71. The van der Waals surface area contributed by atoms with Crippen molar-refractivity contribution in [2.24, 2.45) is 0 Å². The third-order valence-corrected chi connectivity index (χ3v) is 6.05. The van der Waals surface area contributed by atoms with Gasteiger partial charge < -0.3 is 0 Å². The Hall–Kier alpha value is -2.93. The highest BCUT2D eigenvalue weighted by molar-refractivity contribution is 6.03. The van der Waals surface area contributed by atoms with Crippen LogP contribution < -0.4 is 0 Å². The van der Waals surface area contributed by atoms with Crippen LogP contribution in [0.25, 0.3) is 22.4 Å². The van der Waals surface area contributed by atoms with Crippen molar-refractivity contribution in [1.29, 1.82) is 0 Å². The van der Waals surface area contributed by atoms with Crippen LogP contribution in [0.15, 0.2) is 80.0 Å². The minimum atomic E-state index is 0.436. The van der Waals surface area contributed by atoms with Gasteiger partial charge in [0, 0.05) is 11.8 Å². The van der Waals surface area contributed by atoms with Gasteiger partial charge in [0.05, 0.1) is 5.69 Å². The summed E-state index contributed by atoms with van der Waals surface area (Å²) in [5, 5.41) is 0. The second-order valence-electron chi connectivity index (χ2n) is 8.27. The van der Waals surface area contributed by atoms with Crippen molar-refractivity contribution in [3.05, 3.63) is 102 Å². The second-order valence-corrected chi connectivity index (χ2v) is 8.27. The van der Waals surface area contributed by atoms with E-state index in [1.54, 1.807) is 0 Å². The molecule has 0 radical (unpaired) electrons. The van der Waals surface area contributed by atoms with Gasteiger partial charge in [-0.2, -0.15) is 0 Å². The first-order valence-electron chi connectivity index (χ1n) is 11.0. The average Bonchev–Trinajstić information content (AvgIpc) is 2.79. The SMILES string of the molecule is C=C(C(=C)c1ccc(C(CC)CC)cc1)c1ccc(-c2ncccc2C(C)C)cc1. The molecule has 2 aromatic carbocycles. The standard InChI is InChI=1S/C29H33N/c1-7-23(8-2)26-15-11-24(12-16-26)21(5)22(6)25-13-17-27(18-14-25)29-28(20(3)4)10-9-19-30-29/h9-20,23H,5-8H2,1-4H3. The molecule has 0 aliphatic carbocycles. The van der Waals surface area contributed by atoms with Crippen LogP contribution >= 0.6 is 0 Å². The summed E-state index contributed by atoms with van der Waals surface area (Å²) < 4.78 is 0. The highest BCUT2D eigenvalue weighted by Gasteiger charge is 2.12. The fraction of sp³-hybridized carbons (Fsp3) is 0.276. The lowest BCUT2D eigenvalue weighted by Crippen LogP contribution is -1.96. The molecule has 1 heteroatoms. The maximum absolute atomic E-state index is 4.62. The fourth-order valence-corrected chi connectivity index (χ4v) is 4.02. The third-order valence-electron chi connectivity index (χ3n) is 6.05. The average molecular weight is 396 g/mol. The molecule has 0 amide bonds. The van der Waals surface area contributed by atoms with Gasteiger partial charge in [0.2, 0.25) is 0 Å². The Kier molecular flexibility index (Phi) is 7.05. The van der Waals surface area contributed by atoms with Gasteiger partial charge in [0.15, 0.2) is 0 Å². The first kappa shape index (κ1) is 21.8.